The van der Waals surface area contributed by atoms with Crippen molar-refractivity contribution < 1.29 is 4.74 Å². The van der Waals surface area contributed by atoms with Crippen LogP contribution in [0.2, 0.25) is 0 Å². The van der Waals surface area contributed by atoms with E-state index in [9.17, 15) is 0 Å². The minimum Gasteiger partial charge on any atom is -0.457 e. The van der Waals surface area contributed by atoms with Gasteiger partial charge in [0.05, 0.1) is 16.8 Å². The molecule has 0 amide bonds. The third-order valence-electron chi connectivity index (χ3n) is 11.9. The van der Waals surface area contributed by atoms with Gasteiger partial charge in [0.2, 0.25) is 0 Å². The molecule has 3 atom stereocenters. The molecule has 3 aliphatic rings. The fourth-order valence-corrected chi connectivity index (χ4v) is 9.51. The highest BCUT2D eigenvalue weighted by molar-refractivity contribution is 5.92. The fraction of sp³-hybridized carbons (Fsp3) is 0.0566. The van der Waals surface area contributed by atoms with Gasteiger partial charge in [0.15, 0.2) is 5.82 Å². The standard InChI is InChI=1S/C53H36N2O/c1-3-17-35(18-4-1)48-34-49(55-52(54-48)36-19-5-2-6-20-36)43-26-10-9-23-40(43)39-22-8-7-21-38(39)37-31-32-47-51(33-37)56-50-30-16-15-29-46(50)53(47)44-27-13-11-24-41(44)42-25-12-14-28-45(42)53/h1-34,41,44H. The summed E-state index contributed by atoms with van der Waals surface area (Å²) in [5.41, 5.74) is 14.1. The second kappa shape index (κ2) is 13.0. The smallest absolute Gasteiger partial charge is 0.160 e. The van der Waals surface area contributed by atoms with Crippen molar-refractivity contribution in [2.45, 2.75) is 11.3 Å². The van der Waals surface area contributed by atoms with Gasteiger partial charge in [-0.1, -0.05) is 188 Å². The highest BCUT2D eigenvalue weighted by Crippen LogP contribution is 2.64. The summed E-state index contributed by atoms with van der Waals surface area (Å²) in [6, 6.07) is 64.5. The quantitative estimate of drug-likeness (QED) is 0.178. The summed E-state index contributed by atoms with van der Waals surface area (Å²) in [6.07, 6.45) is 9.21. The molecule has 0 radical (unpaired) electrons. The van der Waals surface area contributed by atoms with Gasteiger partial charge < -0.3 is 4.74 Å². The van der Waals surface area contributed by atoms with E-state index in [1.807, 2.05) is 24.3 Å². The van der Waals surface area contributed by atoms with Crippen LogP contribution in [0.15, 0.2) is 206 Å². The van der Waals surface area contributed by atoms with Crippen molar-refractivity contribution in [3.8, 4) is 67.7 Å². The Kier molecular flexibility index (Phi) is 7.53. The van der Waals surface area contributed by atoms with Crippen LogP contribution >= 0.6 is 0 Å². The average molecular weight is 717 g/mol. The molecule has 8 aromatic rings. The molecule has 3 unspecified atom stereocenters. The van der Waals surface area contributed by atoms with Gasteiger partial charge >= 0.3 is 0 Å². The Morgan fingerprint density at radius 1 is 0.411 bits per heavy atom. The first-order valence-corrected chi connectivity index (χ1v) is 19.3. The monoisotopic (exact) mass is 716 g/mol. The maximum absolute atomic E-state index is 6.91. The molecule has 0 fully saturated rings. The second-order valence-electron chi connectivity index (χ2n) is 14.8. The maximum atomic E-state index is 6.91. The molecule has 3 heteroatoms. The second-order valence-corrected chi connectivity index (χ2v) is 14.8. The topological polar surface area (TPSA) is 35.0 Å². The lowest BCUT2D eigenvalue weighted by Crippen LogP contribution is -2.37. The zero-order valence-electron chi connectivity index (χ0n) is 30.6. The van der Waals surface area contributed by atoms with E-state index in [2.05, 4.69) is 182 Å². The zero-order chi connectivity index (χ0) is 37.1. The number of nitrogens with zero attached hydrogens (tertiary/aromatic N) is 2. The van der Waals surface area contributed by atoms with Gasteiger partial charge in [0, 0.05) is 39.7 Å². The first-order valence-electron chi connectivity index (χ1n) is 19.3. The molecule has 0 saturated heterocycles. The summed E-state index contributed by atoms with van der Waals surface area (Å²) in [5, 5.41) is 0. The molecule has 1 spiro atoms. The van der Waals surface area contributed by atoms with E-state index < -0.39 is 0 Å². The van der Waals surface area contributed by atoms with E-state index in [0.717, 1.165) is 61.8 Å². The molecule has 0 saturated carbocycles. The van der Waals surface area contributed by atoms with E-state index >= 15 is 0 Å². The van der Waals surface area contributed by atoms with Crippen LogP contribution < -0.4 is 4.74 Å². The van der Waals surface area contributed by atoms with Gasteiger partial charge in [-0.2, -0.15) is 0 Å². The number of benzene rings is 7. The minimum absolute atomic E-state index is 0.230. The lowest BCUT2D eigenvalue weighted by atomic mass is 9.62. The molecule has 2 aliphatic carbocycles. The van der Waals surface area contributed by atoms with Crippen molar-refractivity contribution in [2.24, 2.45) is 5.92 Å². The van der Waals surface area contributed by atoms with Crippen molar-refractivity contribution in [2.75, 3.05) is 0 Å². The van der Waals surface area contributed by atoms with Crippen molar-refractivity contribution in [1.82, 2.24) is 9.97 Å². The van der Waals surface area contributed by atoms with Gasteiger partial charge in [-0.3, -0.25) is 0 Å². The SMILES string of the molecule is C1=CC2c3ccccc3C3(c4ccccc4Oc4cc(-c5ccccc5-c5ccccc5-c5cc(-c6ccccc6)nc(-c6ccccc6)n5)ccc43)C2C=C1. The molecule has 1 aromatic heterocycles. The summed E-state index contributed by atoms with van der Waals surface area (Å²) in [6.45, 7) is 0. The van der Waals surface area contributed by atoms with Crippen molar-refractivity contribution in [3.63, 3.8) is 0 Å². The lowest BCUT2D eigenvalue weighted by molar-refractivity contribution is 0.374. The van der Waals surface area contributed by atoms with Gasteiger partial charge in [0.25, 0.3) is 0 Å². The summed E-state index contributed by atoms with van der Waals surface area (Å²) >= 11 is 0. The molecule has 264 valence electrons. The van der Waals surface area contributed by atoms with Crippen LogP contribution in [0.4, 0.5) is 0 Å². The van der Waals surface area contributed by atoms with Crippen LogP contribution in [0.1, 0.15) is 28.2 Å². The molecular weight excluding hydrogens is 681 g/mol. The first kappa shape index (κ1) is 32.3. The molecule has 3 nitrogen and oxygen atoms in total. The Morgan fingerprint density at radius 3 is 1.80 bits per heavy atom. The largest absolute Gasteiger partial charge is 0.457 e. The molecule has 11 rings (SSSR count). The molecule has 0 N–H and O–H groups in total. The number of hydrogen-bond donors (Lipinski definition) is 0. The third-order valence-corrected chi connectivity index (χ3v) is 11.9. The Bertz CT molecular complexity index is 2800. The molecule has 56 heavy (non-hydrogen) atoms. The lowest BCUT2D eigenvalue weighted by Gasteiger charge is -2.43. The number of ether oxygens (including phenoxy) is 1. The molecule has 0 bridgehead atoms. The number of para-hydroxylation sites is 1. The van der Waals surface area contributed by atoms with Gasteiger partial charge in [-0.05, 0) is 51.6 Å². The van der Waals surface area contributed by atoms with Crippen LogP contribution in [0.25, 0.3) is 56.2 Å². The minimum atomic E-state index is -0.378. The Morgan fingerprint density at radius 2 is 1.00 bits per heavy atom. The number of aromatic nitrogens is 2. The molecule has 1 aliphatic heterocycles. The summed E-state index contributed by atoms with van der Waals surface area (Å²) in [5.74, 6) is 3.04. The van der Waals surface area contributed by atoms with Crippen molar-refractivity contribution in [1.29, 1.82) is 0 Å². The predicted octanol–water partition coefficient (Wildman–Crippen LogP) is 13.1. The van der Waals surface area contributed by atoms with E-state index in [1.165, 1.54) is 22.3 Å². The van der Waals surface area contributed by atoms with Crippen LogP contribution in [-0.4, -0.2) is 9.97 Å². The van der Waals surface area contributed by atoms with E-state index in [-0.39, 0.29) is 11.3 Å². The number of rotatable bonds is 5. The summed E-state index contributed by atoms with van der Waals surface area (Å²) in [7, 11) is 0. The Labute approximate surface area is 327 Å². The number of allylic oxidation sites excluding steroid dienone is 4. The molecule has 2 heterocycles. The van der Waals surface area contributed by atoms with Crippen LogP contribution in [0.5, 0.6) is 11.5 Å². The fourth-order valence-electron chi connectivity index (χ4n) is 9.51. The highest BCUT2D eigenvalue weighted by atomic mass is 16.5. The van der Waals surface area contributed by atoms with Crippen molar-refractivity contribution in [3.05, 3.63) is 229 Å². The van der Waals surface area contributed by atoms with E-state index in [1.54, 1.807) is 0 Å². The highest BCUT2D eigenvalue weighted by Gasteiger charge is 2.56. The Hall–Kier alpha value is -7.10. The summed E-state index contributed by atoms with van der Waals surface area (Å²) < 4.78 is 6.91. The molecular formula is C53H36N2O. The predicted molar refractivity (Wildman–Crippen MR) is 227 cm³/mol. The van der Waals surface area contributed by atoms with E-state index in [0.29, 0.717) is 11.7 Å². The normalized spacial score (nSPS) is 18.4. The van der Waals surface area contributed by atoms with Gasteiger partial charge in [-0.15, -0.1) is 0 Å². The zero-order valence-corrected chi connectivity index (χ0v) is 30.6. The van der Waals surface area contributed by atoms with Gasteiger partial charge in [0.1, 0.15) is 11.5 Å². The van der Waals surface area contributed by atoms with E-state index in [4.69, 9.17) is 14.7 Å². The maximum Gasteiger partial charge on any atom is 0.160 e. The molecule has 7 aromatic carbocycles. The Balaban J connectivity index is 1.08. The number of fused-ring (bicyclic) bond motifs is 9. The van der Waals surface area contributed by atoms with Crippen LogP contribution in [-0.2, 0) is 5.41 Å². The first-order chi connectivity index (χ1) is 27.8. The third kappa shape index (κ3) is 4.98. The van der Waals surface area contributed by atoms with Gasteiger partial charge in [-0.25, -0.2) is 9.97 Å². The van der Waals surface area contributed by atoms with Crippen LogP contribution in [0, 0.1) is 5.92 Å². The van der Waals surface area contributed by atoms with Crippen molar-refractivity contribution >= 4 is 0 Å². The summed E-state index contributed by atoms with van der Waals surface area (Å²) in [4.78, 5) is 10.3. The average Bonchev–Trinajstić information content (AvgIpc) is 3.57. The van der Waals surface area contributed by atoms with Crippen LogP contribution in [0.3, 0.4) is 0 Å². The number of hydrogen-bond acceptors (Lipinski definition) is 3.